The minimum Gasteiger partial charge on any atom is -0.455 e. The summed E-state index contributed by atoms with van der Waals surface area (Å²) in [5.74, 6) is 0.294. The first kappa shape index (κ1) is 30.4. The average Bonchev–Trinajstić information content (AvgIpc) is 3.38. The Labute approximate surface area is 263 Å². The van der Waals surface area contributed by atoms with Gasteiger partial charge < -0.3 is 25.2 Å². The first-order valence-corrected chi connectivity index (χ1v) is 16.4. The van der Waals surface area contributed by atoms with Crippen molar-refractivity contribution in [1.82, 2.24) is 25.1 Å². The van der Waals surface area contributed by atoms with Crippen LogP contribution in [0.1, 0.15) is 67.1 Å². The maximum absolute atomic E-state index is 14.0. The van der Waals surface area contributed by atoms with Crippen LogP contribution in [0.3, 0.4) is 0 Å². The van der Waals surface area contributed by atoms with Gasteiger partial charge in [-0.05, 0) is 72.0 Å². The van der Waals surface area contributed by atoms with Crippen molar-refractivity contribution in [1.29, 1.82) is 10.7 Å². The largest absolute Gasteiger partial charge is 0.455 e. The zero-order valence-electron chi connectivity index (χ0n) is 25.9. The fourth-order valence-corrected chi connectivity index (χ4v) is 7.88. The molecule has 3 N–H and O–H groups in total. The van der Waals surface area contributed by atoms with E-state index in [1.807, 2.05) is 6.92 Å². The van der Waals surface area contributed by atoms with Crippen LogP contribution in [0, 0.1) is 16.7 Å². The highest BCUT2D eigenvalue weighted by Crippen LogP contribution is 2.46. The second-order valence-electron chi connectivity index (χ2n) is 12.7. The molecule has 6 rings (SSSR count). The fourth-order valence-electron chi connectivity index (χ4n) is 6.60. The molecule has 0 radical (unpaired) electrons. The normalized spacial score (nSPS) is 23.3. The Bertz CT molecular complexity index is 1480. The van der Waals surface area contributed by atoms with Gasteiger partial charge in [-0.15, -0.1) is 11.3 Å². The van der Waals surface area contributed by atoms with Gasteiger partial charge in [-0.25, -0.2) is 0 Å². The van der Waals surface area contributed by atoms with Crippen molar-refractivity contribution in [3.63, 3.8) is 0 Å². The van der Waals surface area contributed by atoms with E-state index in [4.69, 9.17) is 15.1 Å². The second-order valence-corrected chi connectivity index (χ2v) is 13.8. The number of likely N-dealkylation sites (N-methyl/N-ethyl adjacent to an activating group) is 1. The summed E-state index contributed by atoms with van der Waals surface area (Å²) in [5, 5.41) is 25.7. The van der Waals surface area contributed by atoms with E-state index in [9.17, 15) is 10.1 Å². The molecule has 234 valence electrons. The summed E-state index contributed by atoms with van der Waals surface area (Å²) in [6.07, 6.45) is 8.11. The van der Waals surface area contributed by atoms with Gasteiger partial charge >= 0.3 is 6.01 Å². The minimum absolute atomic E-state index is 0.0967. The number of piperazine rings is 1. The highest BCUT2D eigenvalue weighted by atomic mass is 32.1. The molecule has 1 atom stereocenters. The van der Waals surface area contributed by atoms with Gasteiger partial charge in [0.15, 0.2) is 5.84 Å². The van der Waals surface area contributed by atoms with Gasteiger partial charge in [-0.1, -0.05) is 0 Å². The summed E-state index contributed by atoms with van der Waals surface area (Å²) in [5.41, 5.74) is 0.278. The standard InChI is InChI=1S/C31H42N10O2S/c1-30(8-6-7-23-25(30)21(18-32)27(44-23)35-20-34-2)28(42)38-26(33)22-17-24(41-15-13-39(3)14-16-41)37-29(36-22)43-31(9-10-31)19-40-11-4-5-12-40/h17,20H,4-16,19H2,1-3H3,(H,34,35)(H2,33,38,42)/t30-/m0/s1. The Morgan fingerprint density at radius 2 is 1.93 bits per heavy atom. The topological polar surface area (TPSA) is 146 Å². The van der Waals surface area contributed by atoms with Crippen molar-refractivity contribution in [2.45, 2.75) is 62.9 Å². The van der Waals surface area contributed by atoms with E-state index in [1.165, 1.54) is 24.2 Å². The molecule has 2 aliphatic heterocycles. The first-order valence-electron chi connectivity index (χ1n) is 15.6. The van der Waals surface area contributed by atoms with Gasteiger partial charge in [-0.3, -0.25) is 20.1 Å². The van der Waals surface area contributed by atoms with Gasteiger partial charge in [0.25, 0.3) is 0 Å². The number of nitrogens with one attached hydrogen (secondary N) is 3. The van der Waals surface area contributed by atoms with Crippen LogP contribution < -0.4 is 20.3 Å². The van der Waals surface area contributed by atoms with E-state index in [0.29, 0.717) is 28.5 Å². The van der Waals surface area contributed by atoms with Crippen LogP contribution >= 0.6 is 11.3 Å². The van der Waals surface area contributed by atoms with E-state index < -0.39 is 5.41 Å². The molecule has 3 fully saturated rings. The number of hydrogen-bond acceptors (Lipinski definition) is 11. The fraction of sp³-hybridized carbons (Fsp3) is 0.613. The van der Waals surface area contributed by atoms with E-state index >= 15 is 0 Å². The molecule has 44 heavy (non-hydrogen) atoms. The summed E-state index contributed by atoms with van der Waals surface area (Å²) in [4.78, 5) is 35.4. The number of fused-ring (bicyclic) bond motifs is 1. The van der Waals surface area contributed by atoms with Crippen LogP contribution in [0.4, 0.5) is 10.8 Å². The van der Waals surface area contributed by atoms with Crippen molar-refractivity contribution in [3.8, 4) is 12.1 Å². The molecule has 0 spiro atoms. The summed E-state index contributed by atoms with van der Waals surface area (Å²) >= 11 is 1.50. The number of thiophene rings is 1. The maximum Gasteiger partial charge on any atom is 0.319 e. The summed E-state index contributed by atoms with van der Waals surface area (Å²) < 4.78 is 6.51. The third-order valence-electron chi connectivity index (χ3n) is 9.39. The number of nitrogens with zero attached hydrogens (tertiary/aromatic N) is 7. The predicted molar refractivity (Wildman–Crippen MR) is 172 cm³/mol. The smallest absolute Gasteiger partial charge is 0.319 e. The van der Waals surface area contributed by atoms with E-state index in [-0.39, 0.29) is 23.4 Å². The molecule has 2 saturated heterocycles. The molecule has 4 aliphatic rings. The van der Waals surface area contributed by atoms with Gasteiger partial charge in [-0.2, -0.15) is 15.2 Å². The number of likely N-dealkylation sites (tertiary alicyclic amines) is 1. The third-order valence-corrected chi connectivity index (χ3v) is 10.6. The molecule has 1 amide bonds. The predicted octanol–water partition coefficient (Wildman–Crippen LogP) is 2.97. The van der Waals surface area contributed by atoms with Crippen LogP contribution in [0.15, 0.2) is 11.1 Å². The molecule has 0 unspecified atom stereocenters. The summed E-state index contributed by atoms with van der Waals surface area (Å²) in [6, 6.07) is 4.36. The van der Waals surface area contributed by atoms with Gasteiger partial charge in [0.05, 0.1) is 17.3 Å². The number of hydrogen-bond donors (Lipinski definition) is 3. The lowest BCUT2D eigenvalue weighted by Crippen LogP contribution is -2.47. The minimum atomic E-state index is -0.967. The van der Waals surface area contributed by atoms with Crippen LogP contribution in [0.5, 0.6) is 6.01 Å². The Morgan fingerprint density at radius 1 is 1.18 bits per heavy atom. The molecule has 1 saturated carbocycles. The molecular formula is C31H42N10O2S. The van der Waals surface area contributed by atoms with Gasteiger partial charge in [0.2, 0.25) is 5.91 Å². The van der Waals surface area contributed by atoms with Gasteiger partial charge in [0, 0.05) is 56.3 Å². The molecule has 2 aromatic heterocycles. The van der Waals surface area contributed by atoms with Crippen molar-refractivity contribution in [3.05, 3.63) is 27.8 Å². The number of aryl methyl sites for hydroxylation is 1. The van der Waals surface area contributed by atoms with Crippen molar-refractivity contribution in [2.24, 2.45) is 4.99 Å². The lowest BCUT2D eigenvalue weighted by molar-refractivity contribution is -0.125. The average molecular weight is 619 g/mol. The Hall–Kier alpha value is -3.60. The van der Waals surface area contributed by atoms with E-state index in [2.05, 4.69) is 48.4 Å². The van der Waals surface area contributed by atoms with Gasteiger partial charge in [0.1, 0.15) is 28.2 Å². The second kappa shape index (κ2) is 12.4. The number of carbonyl (C=O) groups excluding carboxylic acids is 1. The maximum atomic E-state index is 14.0. The number of anilines is 2. The van der Waals surface area contributed by atoms with E-state index in [0.717, 1.165) is 81.9 Å². The molecule has 12 nitrogen and oxygen atoms in total. The SMILES string of the molecule is CN=CNc1sc2c(c1C#N)[C@@](C)(C(=O)NC(=N)c1cc(N3CCN(C)CC3)nc(OC3(CN4CCCC4)CC3)n1)CCC2. The molecule has 2 aliphatic carbocycles. The Morgan fingerprint density at radius 3 is 2.61 bits per heavy atom. The molecule has 13 heteroatoms. The number of amidine groups is 1. The molecule has 0 aromatic carbocycles. The lowest BCUT2D eigenvalue weighted by Gasteiger charge is -2.34. The monoisotopic (exact) mass is 618 g/mol. The van der Waals surface area contributed by atoms with Crippen LogP contribution in [-0.4, -0.2) is 103 Å². The van der Waals surface area contributed by atoms with Crippen LogP contribution in [0.2, 0.25) is 0 Å². The number of rotatable bonds is 9. The lowest BCUT2D eigenvalue weighted by atomic mass is 9.72. The van der Waals surface area contributed by atoms with E-state index in [1.54, 1.807) is 19.5 Å². The van der Waals surface area contributed by atoms with Crippen molar-refractivity contribution >= 4 is 40.2 Å². The molecular weight excluding hydrogens is 576 g/mol. The number of aromatic nitrogens is 2. The third kappa shape index (κ3) is 6.16. The summed E-state index contributed by atoms with van der Waals surface area (Å²) in [7, 11) is 3.77. The number of amides is 1. The molecule has 4 heterocycles. The highest BCUT2D eigenvalue weighted by molar-refractivity contribution is 7.16. The number of carbonyl (C=O) groups is 1. The quantitative estimate of drug-likeness (QED) is 0.285. The molecule has 0 bridgehead atoms. The zero-order chi connectivity index (χ0) is 30.9. The van der Waals surface area contributed by atoms with Crippen LogP contribution in [0.25, 0.3) is 0 Å². The van der Waals surface area contributed by atoms with Crippen molar-refractivity contribution in [2.75, 3.05) is 70.1 Å². The highest BCUT2D eigenvalue weighted by Gasteiger charge is 2.48. The van der Waals surface area contributed by atoms with Crippen molar-refractivity contribution < 1.29 is 9.53 Å². The number of ether oxygens (including phenoxy) is 1. The zero-order valence-corrected chi connectivity index (χ0v) is 26.7. The van der Waals surface area contributed by atoms with Crippen LogP contribution in [-0.2, 0) is 16.6 Å². The molecule has 2 aromatic rings. The number of nitriles is 1. The number of aliphatic imine (C=N–C) groups is 1. The Balaban J connectivity index is 1.26. The Kier molecular flexibility index (Phi) is 8.59. The first-order chi connectivity index (χ1) is 21.2. The summed E-state index contributed by atoms with van der Waals surface area (Å²) in [6.45, 7) is 8.35.